The minimum Gasteiger partial charge on any atom is -0.494 e. The van der Waals surface area contributed by atoms with Gasteiger partial charge >= 0.3 is 0 Å². The summed E-state index contributed by atoms with van der Waals surface area (Å²) in [5, 5.41) is 4.13. The molecule has 0 amide bonds. The van der Waals surface area contributed by atoms with Crippen LogP contribution in [-0.2, 0) is 13.6 Å². The van der Waals surface area contributed by atoms with E-state index in [-0.39, 0.29) is 5.75 Å². The van der Waals surface area contributed by atoms with Crippen molar-refractivity contribution in [3.63, 3.8) is 0 Å². The number of ether oxygens (including phenoxy) is 1. The van der Waals surface area contributed by atoms with Crippen molar-refractivity contribution in [2.24, 2.45) is 7.05 Å². The van der Waals surface area contributed by atoms with Crippen LogP contribution in [0.2, 0.25) is 0 Å². The number of imidazole rings is 1. The van der Waals surface area contributed by atoms with Crippen LogP contribution in [0.5, 0.6) is 5.75 Å². The zero-order valence-electron chi connectivity index (χ0n) is 11.1. The highest BCUT2D eigenvalue weighted by Gasteiger charge is 2.11. The van der Waals surface area contributed by atoms with Crippen molar-refractivity contribution in [1.82, 2.24) is 19.3 Å². The van der Waals surface area contributed by atoms with Gasteiger partial charge in [0.15, 0.2) is 16.3 Å². The average molecular weight is 292 g/mol. The van der Waals surface area contributed by atoms with E-state index in [1.54, 1.807) is 16.9 Å². The van der Waals surface area contributed by atoms with Crippen molar-refractivity contribution in [2.75, 3.05) is 7.11 Å². The Morgan fingerprint density at radius 3 is 2.90 bits per heavy atom. The lowest BCUT2D eigenvalue weighted by Gasteiger charge is -2.07. The molecule has 0 saturated heterocycles. The maximum Gasteiger partial charge on any atom is 0.178 e. The van der Waals surface area contributed by atoms with Crippen LogP contribution < -0.4 is 4.74 Å². The van der Waals surface area contributed by atoms with Crippen molar-refractivity contribution in [1.29, 1.82) is 0 Å². The molecule has 2 heterocycles. The van der Waals surface area contributed by atoms with Gasteiger partial charge in [0.1, 0.15) is 0 Å². The number of hydrogen-bond donors (Lipinski definition) is 1. The molecule has 0 saturated carbocycles. The molecule has 0 radical (unpaired) electrons. The minimum atomic E-state index is -0.413. The van der Waals surface area contributed by atoms with Crippen molar-refractivity contribution in [2.45, 2.75) is 6.54 Å². The second-order valence-corrected chi connectivity index (χ2v) is 4.85. The summed E-state index contributed by atoms with van der Waals surface area (Å²) in [6, 6.07) is 4.96. The van der Waals surface area contributed by atoms with Gasteiger partial charge in [-0.15, -0.1) is 0 Å². The summed E-state index contributed by atoms with van der Waals surface area (Å²) in [5.41, 5.74) is 2.45. The van der Waals surface area contributed by atoms with Gasteiger partial charge in [0.2, 0.25) is 0 Å². The molecular formula is C13H13FN4OS. The van der Waals surface area contributed by atoms with Gasteiger partial charge in [0, 0.05) is 25.4 Å². The maximum atomic E-state index is 13.7. The van der Waals surface area contributed by atoms with Crippen LogP contribution in [0.15, 0.2) is 24.4 Å². The smallest absolute Gasteiger partial charge is 0.178 e. The Kier molecular flexibility index (Phi) is 3.06. The summed E-state index contributed by atoms with van der Waals surface area (Å²) in [6.07, 6.45) is 1.73. The van der Waals surface area contributed by atoms with Gasteiger partial charge in [-0.2, -0.15) is 5.10 Å². The molecule has 0 aliphatic heterocycles. The number of benzene rings is 1. The molecule has 3 rings (SSSR count). The van der Waals surface area contributed by atoms with E-state index in [1.165, 1.54) is 13.2 Å². The number of fused-ring (bicyclic) bond motifs is 1. The molecule has 1 aromatic carbocycles. The van der Waals surface area contributed by atoms with Crippen LogP contribution in [0, 0.1) is 10.6 Å². The Balaban J connectivity index is 2.17. The fraction of sp³-hybridized carbons (Fsp3) is 0.231. The third kappa shape index (κ3) is 2.00. The third-order valence-corrected chi connectivity index (χ3v) is 3.61. The predicted octanol–water partition coefficient (Wildman–Crippen LogP) is 2.63. The van der Waals surface area contributed by atoms with Gasteiger partial charge in [-0.25, -0.2) is 4.39 Å². The van der Waals surface area contributed by atoms with Crippen LogP contribution in [-0.4, -0.2) is 26.4 Å². The zero-order chi connectivity index (χ0) is 14.3. The van der Waals surface area contributed by atoms with E-state index >= 15 is 0 Å². The van der Waals surface area contributed by atoms with Gasteiger partial charge in [0.25, 0.3) is 0 Å². The number of hydrogen-bond acceptors (Lipinski definition) is 3. The van der Waals surface area contributed by atoms with E-state index in [1.807, 2.05) is 17.7 Å². The Morgan fingerprint density at radius 1 is 1.45 bits per heavy atom. The number of aromatic nitrogens is 4. The zero-order valence-corrected chi connectivity index (χ0v) is 11.9. The lowest BCUT2D eigenvalue weighted by atomic mass is 10.2. The first-order valence-corrected chi connectivity index (χ1v) is 6.44. The number of nitrogens with one attached hydrogen (secondary N) is 1. The molecule has 0 aliphatic rings. The first-order valence-electron chi connectivity index (χ1n) is 6.03. The van der Waals surface area contributed by atoms with Crippen molar-refractivity contribution in [3.05, 3.63) is 40.7 Å². The molecule has 7 heteroatoms. The van der Waals surface area contributed by atoms with Crippen LogP contribution in [0.1, 0.15) is 5.69 Å². The number of halogens is 1. The van der Waals surface area contributed by atoms with Gasteiger partial charge < -0.3 is 14.3 Å². The van der Waals surface area contributed by atoms with Crippen LogP contribution in [0.25, 0.3) is 11.0 Å². The van der Waals surface area contributed by atoms with Gasteiger partial charge in [0.05, 0.1) is 30.4 Å². The molecule has 3 aromatic rings. The predicted molar refractivity (Wildman–Crippen MR) is 75.9 cm³/mol. The quantitative estimate of drug-likeness (QED) is 0.755. The summed E-state index contributed by atoms with van der Waals surface area (Å²) in [6.45, 7) is 0.560. The summed E-state index contributed by atoms with van der Waals surface area (Å²) < 4.78 is 22.9. The highest BCUT2D eigenvalue weighted by molar-refractivity contribution is 7.71. The van der Waals surface area contributed by atoms with Crippen LogP contribution in [0.3, 0.4) is 0 Å². The fourth-order valence-corrected chi connectivity index (χ4v) is 2.46. The maximum absolute atomic E-state index is 13.7. The van der Waals surface area contributed by atoms with Gasteiger partial charge in [-0.3, -0.25) is 4.68 Å². The molecule has 0 unspecified atom stereocenters. The Morgan fingerprint density at radius 2 is 2.25 bits per heavy atom. The molecule has 0 spiro atoms. The van der Waals surface area contributed by atoms with E-state index in [4.69, 9.17) is 17.0 Å². The first kappa shape index (κ1) is 12.9. The van der Waals surface area contributed by atoms with Crippen LogP contribution >= 0.6 is 12.2 Å². The first-order chi connectivity index (χ1) is 9.60. The van der Waals surface area contributed by atoms with Crippen molar-refractivity contribution < 1.29 is 9.13 Å². The molecule has 5 nitrogen and oxygen atoms in total. The molecule has 0 aliphatic carbocycles. The number of aryl methyl sites for hydroxylation is 1. The van der Waals surface area contributed by atoms with Gasteiger partial charge in [-0.05, 0) is 18.3 Å². The van der Waals surface area contributed by atoms with Gasteiger partial charge in [-0.1, -0.05) is 0 Å². The molecule has 2 aromatic heterocycles. The van der Waals surface area contributed by atoms with Crippen molar-refractivity contribution in [3.8, 4) is 5.75 Å². The second kappa shape index (κ2) is 4.75. The number of H-pyrrole nitrogens is 1. The standard InChI is InChI=1S/C13H13FN4OS/c1-17-8(3-4-15-17)7-18-11-6-12(19-2)9(14)5-10(11)16-13(18)20/h3-6H,7H2,1-2H3,(H,16,20). The molecule has 0 fully saturated rings. The Labute approximate surface area is 119 Å². The number of methoxy groups -OCH3 is 1. The molecule has 0 atom stereocenters. The normalized spacial score (nSPS) is 11.2. The lowest BCUT2D eigenvalue weighted by molar-refractivity contribution is 0.387. The second-order valence-electron chi connectivity index (χ2n) is 4.47. The van der Waals surface area contributed by atoms with E-state index in [2.05, 4.69) is 10.1 Å². The minimum absolute atomic E-state index is 0.199. The van der Waals surface area contributed by atoms with E-state index in [9.17, 15) is 4.39 Å². The highest BCUT2D eigenvalue weighted by atomic mass is 32.1. The molecule has 0 bridgehead atoms. The number of nitrogens with zero attached hydrogens (tertiary/aromatic N) is 3. The Hall–Kier alpha value is -2.15. The fourth-order valence-electron chi connectivity index (χ4n) is 2.19. The highest BCUT2D eigenvalue weighted by Crippen LogP contribution is 2.25. The average Bonchev–Trinajstić information content (AvgIpc) is 2.94. The molecular weight excluding hydrogens is 279 g/mol. The van der Waals surface area contributed by atoms with E-state index < -0.39 is 5.82 Å². The summed E-state index contributed by atoms with van der Waals surface area (Å²) >= 11 is 5.31. The van der Waals surface area contributed by atoms with Crippen molar-refractivity contribution >= 4 is 23.3 Å². The largest absolute Gasteiger partial charge is 0.494 e. The summed E-state index contributed by atoms with van der Waals surface area (Å²) in [4.78, 5) is 3.00. The topological polar surface area (TPSA) is 47.8 Å². The Bertz CT molecular complexity index is 833. The lowest BCUT2D eigenvalue weighted by Crippen LogP contribution is -2.05. The summed E-state index contributed by atoms with van der Waals surface area (Å²) in [7, 11) is 3.31. The molecule has 1 N–H and O–H groups in total. The SMILES string of the molecule is COc1cc2c(cc1F)[nH]c(=S)n2Cc1ccnn1C. The molecule has 104 valence electrons. The summed E-state index contributed by atoms with van der Waals surface area (Å²) in [5.74, 6) is -0.214. The van der Waals surface area contributed by atoms with E-state index in [0.29, 0.717) is 16.8 Å². The number of rotatable bonds is 3. The number of aromatic amines is 1. The third-order valence-electron chi connectivity index (χ3n) is 3.29. The monoisotopic (exact) mass is 292 g/mol. The van der Waals surface area contributed by atoms with E-state index in [0.717, 1.165) is 11.2 Å². The van der Waals surface area contributed by atoms with Crippen LogP contribution in [0.4, 0.5) is 4.39 Å². The molecule has 20 heavy (non-hydrogen) atoms.